The van der Waals surface area contributed by atoms with Crippen molar-refractivity contribution in [3.63, 3.8) is 0 Å². The minimum Gasteiger partial charge on any atom is -0.397 e. The maximum atomic E-state index is 14.5. The maximum absolute atomic E-state index is 14.5. The summed E-state index contributed by atoms with van der Waals surface area (Å²) in [6, 6.07) is 8.08. The van der Waals surface area contributed by atoms with Crippen LogP contribution in [0.5, 0.6) is 0 Å². The molecular weight excluding hydrogens is 338 g/mol. The van der Waals surface area contributed by atoms with E-state index in [9.17, 15) is 13.6 Å². The molecule has 2 aromatic carbocycles. The second kappa shape index (κ2) is 7.70. The fourth-order valence-corrected chi connectivity index (χ4v) is 3.04. The van der Waals surface area contributed by atoms with Crippen LogP contribution in [-0.2, 0) is 0 Å². The molecule has 1 heterocycles. The first-order chi connectivity index (χ1) is 12.5. The fraction of sp³-hybridized carbons (Fsp3) is 0.316. The van der Waals surface area contributed by atoms with Crippen LogP contribution in [0.4, 0.5) is 25.8 Å². The zero-order valence-electron chi connectivity index (χ0n) is 14.6. The predicted molar refractivity (Wildman–Crippen MR) is 99.5 cm³/mol. The molecule has 0 spiro atoms. The van der Waals surface area contributed by atoms with Crippen molar-refractivity contribution in [1.29, 1.82) is 0 Å². The smallest absolute Gasteiger partial charge is 0.255 e. The molecule has 1 aliphatic heterocycles. The van der Waals surface area contributed by atoms with Crippen LogP contribution in [0.15, 0.2) is 36.4 Å². The van der Waals surface area contributed by atoms with Crippen LogP contribution in [0.2, 0.25) is 0 Å². The van der Waals surface area contributed by atoms with Crippen molar-refractivity contribution in [3.8, 4) is 0 Å². The highest BCUT2D eigenvalue weighted by molar-refractivity contribution is 6.05. The lowest BCUT2D eigenvalue weighted by atomic mass is 10.1. The largest absolute Gasteiger partial charge is 0.397 e. The highest BCUT2D eigenvalue weighted by Gasteiger charge is 2.19. The lowest BCUT2D eigenvalue weighted by Gasteiger charge is -2.35. The minimum atomic E-state index is -0.538. The zero-order chi connectivity index (χ0) is 18.7. The molecule has 0 aromatic heterocycles. The summed E-state index contributed by atoms with van der Waals surface area (Å²) in [6.07, 6.45) is 0. The van der Waals surface area contributed by atoms with Crippen molar-refractivity contribution >= 4 is 23.0 Å². The Morgan fingerprint density at radius 2 is 1.85 bits per heavy atom. The Hall–Kier alpha value is -2.67. The van der Waals surface area contributed by atoms with E-state index in [0.29, 0.717) is 5.69 Å². The lowest BCUT2D eigenvalue weighted by molar-refractivity contribution is 0.102. The van der Waals surface area contributed by atoms with Gasteiger partial charge in [-0.25, -0.2) is 8.78 Å². The topological polar surface area (TPSA) is 61.6 Å². The molecule has 1 saturated heterocycles. The number of hydrogen-bond acceptors (Lipinski definition) is 4. The summed E-state index contributed by atoms with van der Waals surface area (Å²) >= 11 is 0. The van der Waals surface area contributed by atoms with Gasteiger partial charge in [0.05, 0.1) is 17.1 Å². The number of carbonyl (C=O) groups excluding carboxylic acids is 1. The number of hydrogen-bond donors (Lipinski definition) is 2. The molecule has 0 aliphatic carbocycles. The number of amides is 1. The molecule has 0 saturated carbocycles. The lowest BCUT2D eigenvalue weighted by Crippen LogP contribution is -2.46. The molecule has 2 aromatic rings. The van der Waals surface area contributed by atoms with E-state index in [1.807, 2.05) is 4.90 Å². The van der Waals surface area contributed by atoms with E-state index in [1.54, 1.807) is 12.1 Å². The molecule has 3 rings (SSSR count). The fourth-order valence-electron chi connectivity index (χ4n) is 3.04. The van der Waals surface area contributed by atoms with E-state index < -0.39 is 17.5 Å². The van der Waals surface area contributed by atoms with Gasteiger partial charge in [0, 0.05) is 31.7 Å². The van der Waals surface area contributed by atoms with Crippen LogP contribution in [0.3, 0.4) is 0 Å². The summed E-state index contributed by atoms with van der Waals surface area (Å²) in [4.78, 5) is 16.6. The van der Waals surface area contributed by atoms with Gasteiger partial charge in [0.15, 0.2) is 0 Å². The van der Waals surface area contributed by atoms with Gasteiger partial charge in [0.25, 0.3) is 5.91 Å². The minimum absolute atomic E-state index is 0.155. The monoisotopic (exact) mass is 360 g/mol. The van der Waals surface area contributed by atoms with Gasteiger partial charge < -0.3 is 20.9 Å². The standard InChI is InChI=1S/C19H22F2N4O/c1-2-24-7-9-25(10-8-24)18-6-3-13(11-15(18)21)19(26)23-17-12-14(20)4-5-16(17)22/h3-6,11-12H,2,7-10,22H2,1H3,(H,23,26). The van der Waals surface area contributed by atoms with Gasteiger partial charge in [-0.1, -0.05) is 6.92 Å². The molecule has 1 fully saturated rings. The third-order valence-corrected chi connectivity index (χ3v) is 4.63. The number of nitrogens with two attached hydrogens (primary N) is 1. The van der Waals surface area contributed by atoms with Crippen LogP contribution >= 0.6 is 0 Å². The molecule has 0 atom stereocenters. The van der Waals surface area contributed by atoms with E-state index in [2.05, 4.69) is 17.1 Å². The average molecular weight is 360 g/mol. The van der Waals surface area contributed by atoms with Gasteiger partial charge in [0.2, 0.25) is 0 Å². The number of nitrogen functional groups attached to an aromatic ring is 1. The van der Waals surface area contributed by atoms with E-state index in [-0.39, 0.29) is 16.9 Å². The van der Waals surface area contributed by atoms with Crippen LogP contribution in [0, 0.1) is 11.6 Å². The van der Waals surface area contributed by atoms with Crippen molar-refractivity contribution in [2.24, 2.45) is 0 Å². The van der Waals surface area contributed by atoms with Crippen LogP contribution in [0.25, 0.3) is 0 Å². The third-order valence-electron chi connectivity index (χ3n) is 4.63. The Balaban J connectivity index is 1.73. The zero-order valence-corrected chi connectivity index (χ0v) is 14.6. The van der Waals surface area contributed by atoms with Crippen LogP contribution < -0.4 is 16.0 Å². The normalized spacial score (nSPS) is 15.1. The third kappa shape index (κ3) is 3.94. The van der Waals surface area contributed by atoms with Crippen molar-refractivity contribution < 1.29 is 13.6 Å². The van der Waals surface area contributed by atoms with Gasteiger partial charge >= 0.3 is 0 Å². The van der Waals surface area contributed by atoms with Crippen molar-refractivity contribution in [3.05, 3.63) is 53.6 Å². The molecule has 5 nitrogen and oxygen atoms in total. The Morgan fingerprint density at radius 3 is 2.50 bits per heavy atom. The maximum Gasteiger partial charge on any atom is 0.255 e. The number of carbonyl (C=O) groups is 1. The number of piperazine rings is 1. The van der Waals surface area contributed by atoms with Gasteiger partial charge in [-0.15, -0.1) is 0 Å². The van der Waals surface area contributed by atoms with Crippen molar-refractivity contribution in [2.75, 3.05) is 48.7 Å². The molecule has 7 heteroatoms. The Morgan fingerprint density at radius 1 is 1.12 bits per heavy atom. The Bertz CT molecular complexity index is 804. The Labute approximate surface area is 151 Å². The quantitative estimate of drug-likeness (QED) is 0.823. The van der Waals surface area contributed by atoms with Gasteiger partial charge in [-0.3, -0.25) is 4.79 Å². The van der Waals surface area contributed by atoms with Gasteiger partial charge in [-0.2, -0.15) is 0 Å². The van der Waals surface area contributed by atoms with E-state index >= 15 is 0 Å². The highest BCUT2D eigenvalue weighted by atomic mass is 19.1. The van der Waals surface area contributed by atoms with E-state index in [1.165, 1.54) is 18.2 Å². The van der Waals surface area contributed by atoms with E-state index in [4.69, 9.17) is 5.73 Å². The van der Waals surface area contributed by atoms with Crippen LogP contribution in [0.1, 0.15) is 17.3 Å². The SMILES string of the molecule is CCN1CCN(c2ccc(C(=O)Nc3cc(F)ccc3N)cc2F)CC1. The predicted octanol–water partition coefficient (Wildman–Crippen LogP) is 2.94. The number of nitrogens with one attached hydrogen (secondary N) is 1. The summed E-state index contributed by atoms with van der Waals surface area (Å²) in [7, 11) is 0. The number of rotatable bonds is 4. The number of halogens is 2. The summed E-state index contributed by atoms with van der Waals surface area (Å²) in [5.74, 6) is -1.50. The summed E-state index contributed by atoms with van der Waals surface area (Å²) in [6.45, 7) is 6.36. The molecular formula is C19H22F2N4O. The first kappa shape index (κ1) is 18.1. The van der Waals surface area contributed by atoms with Gasteiger partial charge in [0.1, 0.15) is 11.6 Å². The molecule has 1 amide bonds. The molecule has 0 radical (unpaired) electrons. The molecule has 138 valence electrons. The second-order valence-electron chi connectivity index (χ2n) is 6.27. The summed E-state index contributed by atoms with van der Waals surface area (Å²) < 4.78 is 27.8. The summed E-state index contributed by atoms with van der Waals surface area (Å²) in [5, 5.41) is 2.52. The first-order valence-electron chi connectivity index (χ1n) is 8.61. The molecule has 0 unspecified atom stereocenters. The molecule has 0 bridgehead atoms. The van der Waals surface area contributed by atoms with Crippen molar-refractivity contribution in [1.82, 2.24) is 4.90 Å². The average Bonchev–Trinajstić information content (AvgIpc) is 2.64. The number of likely N-dealkylation sites (N-methyl/N-ethyl adjacent to an activating group) is 1. The van der Waals surface area contributed by atoms with E-state index in [0.717, 1.165) is 38.8 Å². The highest BCUT2D eigenvalue weighted by Crippen LogP contribution is 2.24. The van der Waals surface area contributed by atoms with Gasteiger partial charge in [-0.05, 0) is 42.9 Å². The van der Waals surface area contributed by atoms with Crippen LogP contribution in [-0.4, -0.2) is 43.5 Å². The summed E-state index contributed by atoms with van der Waals surface area (Å²) in [5.41, 5.74) is 6.77. The number of anilines is 3. The number of nitrogens with zero attached hydrogens (tertiary/aromatic N) is 2. The molecule has 3 N–H and O–H groups in total. The molecule has 1 aliphatic rings. The Kier molecular flexibility index (Phi) is 5.37. The van der Waals surface area contributed by atoms with Crippen molar-refractivity contribution in [2.45, 2.75) is 6.92 Å². The second-order valence-corrected chi connectivity index (χ2v) is 6.27. The number of benzene rings is 2. The molecule has 26 heavy (non-hydrogen) atoms. The first-order valence-corrected chi connectivity index (χ1v) is 8.61.